The quantitative estimate of drug-likeness (QED) is 0.251. The molecule has 9 aromatic rings. The van der Waals surface area contributed by atoms with Gasteiger partial charge in [-0.2, -0.15) is 0 Å². The molecular formula is C36H27CoN15O. The van der Waals surface area contributed by atoms with Crippen LogP contribution in [0.25, 0.3) is 68.7 Å². The number of nitrogens with one attached hydrogen (secondary N) is 1. The largest absolute Gasteiger partial charge is 2.00 e. The molecule has 0 unspecified atom stereocenters. The SMILES string of the molecule is O.[Co+2].c1ccc(-c2n[n-]c(-c3ccncc3)n2)nc1.c1ccc(-c2nc(-c3ccncc3)n[n-]2)nc1.c1ccc(-c2nnc(-c3ccncc3)[nH]2)nc1. The molecule has 0 aromatic carbocycles. The Bertz CT molecular complexity index is 1930. The van der Waals surface area contributed by atoms with Gasteiger partial charge >= 0.3 is 16.8 Å². The second kappa shape index (κ2) is 18.7. The molecule has 0 fully saturated rings. The van der Waals surface area contributed by atoms with Crippen molar-refractivity contribution in [1.29, 1.82) is 0 Å². The van der Waals surface area contributed by atoms with Crippen molar-refractivity contribution in [2.75, 3.05) is 0 Å². The van der Waals surface area contributed by atoms with Gasteiger partial charge in [-0.3, -0.25) is 40.1 Å². The summed E-state index contributed by atoms with van der Waals surface area (Å²) in [6.07, 6.45) is 15.4. The van der Waals surface area contributed by atoms with Crippen molar-refractivity contribution in [1.82, 2.24) is 75.4 Å². The molecule has 1 radical (unpaired) electrons. The zero-order valence-corrected chi connectivity index (χ0v) is 28.5. The van der Waals surface area contributed by atoms with Crippen LogP contribution >= 0.6 is 0 Å². The van der Waals surface area contributed by atoms with Gasteiger partial charge < -0.3 is 30.6 Å². The van der Waals surface area contributed by atoms with Crippen LogP contribution in [0.3, 0.4) is 0 Å². The van der Waals surface area contributed by atoms with Crippen LogP contribution < -0.4 is 10.2 Å². The van der Waals surface area contributed by atoms with Crippen LogP contribution in [0.1, 0.15) is 0 Å². The zero-order valence-electron chi connectivity index (χ0n) is 27.5. The minimum Gasteiger partial charge on any atom is -0.417 e. The van der Waals surface area contributed by atoms with E-state index in [1.54, 1.807) is 55.8 Å². The molecular weight excluding hydrogens is 717 g/mol. The van der Waals surface area contributed by atoms with Gasteiger partial charge in [-0.15, -0.1) is 10.2 Å². The van der Waals surface area contributed by atoms with E-state index in [1.165, 1.54) is 0 Å². The van der Waals surface area contributed by atoms with E-state index in [0.29, 0.717) is 34.9 Å². The van der Waals surface area contributed by atoms with E-state index in [0.717, 1.165) is 33.8 Å². The number of aromatic amines is 1. The topological polar surface area (TPSA) is 230 Å². The minimum absolute atomic E-state index is 0. The maximum atomic E-state index is 4.34. The first-order valence-electron chi connectivity index (χ1n) is 15.4. The monoisotopic (exact) mass is 744 g/mol. The normalized spacial score (nSPS) is 9.96. The molecule has 16 nitrogen and oxygen atoms in total. The Morgan fingerprint density at radius 3 is 1.47 bits per heavy atom. The summed E-state index contributed by atoms with van der Waals surface area (Å²) in [6, 6.07) is 28.0. The summed E-state index contributed by atoms with van der Waals surface area (Å²) < 4.78 is 0. The number of rotatable bonds is 6. The van der Waals surface area contributed by atoms with Crippen LogP contribution in [0.15, 0.2) is 147 Å². The van der Waals surface area contributed by atoms with E-state index < -0.39 is 0 Å². The van der Waals surface area contributed by atoms with Crippen molar-refractivity contribution in [3.05, 3.63) is 147 Å². The fourth-order valence-electron chi connectivity index (χ4n) is 4.45. The Hall–Kier alpha value is -7.21. The summed E-state index contributed by atoms with van der Waals surface area (Å²) in [5.74, 6) is 3.64. The second-order valence-corrected chi connectivity index (χ2v) is 10.3. The maximum Gasteiger partial charge on any atom is 2.00 e. The predicted octanol–water partition coefficient (Wildman–Crippen LogP) is 4.22. The Morgan fingerprint density at radius 1 is 0.415 bits per heavy atom. The van der Waals surface area contributed by atoms with Crippen LogP contribution in [0, 0.1) is 0 Å². The van der Waals surface area contributed by atoms with E-state index in [2.05, 4.69) is 75.4 Å². The number of nitrogens with zero attached hydrogens (tertiary/aromatic N) is 14. The molecule has 0 bridgehead atoms. The third-order valence-corrected chi connectivity index (χ3v) is 6.92. The van der Waals surface area contributed by atoms with Crippen molar-refractivity contribution in [2.24, 2.45) is 0 Å². The molecule has 0 aliphatic heterocycles. The van der Waals surface area contributed by atoms with Gasteiger partial charge in [-0.05, 0) is 95.6 Å². The first-order valence-corrected chi connectivity index (χ1v) is 15.4. The zero-order chi connectivity index (χ0) is 34.5. The molecule has 0 aliphatic rings. The molecule has 0 atom stereocenters. The molecule has 17 heteroatoms. The fraction of sp³-hybridized carbons (Fsp3) is 0. The first-order chi connectivity index (χ1) is 25.3. The fourth-order valence-corrected chi connectivity index (χ4v) is 4.45. The summed E-state index contributed by atoms with van der Waals surface area (Å²) in [5, 5.41) is 24.3. The van der Waals surface area contributed by atoms with Crippen LogP contribution in [-0.4, -0.2) is 70.7 Å². The molecule has 261 valence electrons. The smallest absolute Gasteiger partial charge is 0.417 e. The molecule has 9 heterocycles. The molecule has 0 amide bonds. The Kier molecular flexibility index (Phi) is 13.1. The Morgan fingerprint density at radius 2 is 0.887 bits per heavy atom. The number of hydrogen-bond acceptors (Lipinski definition) is 12. The third-order valence-electron chi connectivity index (χ3n) is 6.92. The van der Waals surface area contributed by atoms with Crippen molar-refractivity contribution >= 4 is 0 Å². The average molecular weight is 745 g/mol. The Labute approximate surface area is 312 Å². The van der Waals surface area contributed by atoms with Crippen molar-refractivity contribution in [3.63, 3.8) is 0 Å². The third kappa shape index (κ3) is 9.73. The standard InChI is InChI=1S/C12H9N5.2C12H8N5.Co.H2O/c3*1-2-6-14-10(3-1)12-15-11(16-17-12)9-4-7-13-8-5-9;;/h1-8H,(H,15,16,17);2*1-8H;;1H2/q;2*-1;+2;. The van der Waals surface area contributed by atoms with Gasteiger partial charge in [0, 0.05) is 61.3 Å². The van der Waals surface area contributed by atoms with Gasteiger partial charge in [0.1, 0.15) is 5.69 Å². The van der Waals surface area contributed by atoms with Crippen LogP contribution in [-0.2, 0) is 16.8 Å². The van der Waals surface area contributed by atoms with Gasteiger partial charge in [0.05, 0.1) is 23.0 Å². The van der Waals surface area contributed by atoms with E-state index in [-0.39, 0.29) is 22.3 Å². The molecule has 0 saturated carbocycles. The van der Waals surface area contributed by atoms with Gasteiger partial charge in [-0.1, -0.05) is 18.2 Å². The van der Waals surface area contributed by atoms with E-state index in [9.17, 15) is 0 Å². The number of hydrogen-bond donors (Lipinski definition) is 1. The van der Waals surface area contributed by atoms with Crippen molar-refractivity contribution in [2.45, 2.75) is 0 Å². The Balaban J connectivity index is 0.000000150. The predicted molar refractivity (Wildman–Crippen MR) is 190 cm³/mol. The molecule has 0 spiro atoms. The summed E-state index contributed by atoms with van der Waals surface area (Å²) in [7, 11) is 0. The molecule has 0 aliphatic carbocycles. The van der Waals surface area contributed by atoms with Crippen molar-refractivity contribution < 1.29 is 22.3 Å². The summed E-state index contributed by atoms with van der Waals surface area (Å²) in [4.78, 5) is 36.2. The minimum atomic E-state index is 0. The van der Waals surface area contributed by atoms with Gasteiger partial charge in [0.2, 0.25) is 0 Å². The van der Waals surface area contributed by atoms with Gasteiger partial charge in [0.25, 0.3) is 0 Å². The van der Waals surface area contributed by atoms with Gasteiger partial charge in [-0.25, -0.2) is 0 Å². The van der Waals surface area contributed by atoms with Crippen molar-refractivity contribution in [3.8, 4) is 68.7 Å². The number of pyridine rings is 6. The second-order valence-electron chi connectivity index (χ2n) is 10.3. The van der Waals surface area contributed by atoms with E-state index in [4.69, 9.17) is 0 Å². The molecule has 3 N–H and O–H groups in total. The van der Waals surface area contributed by atoms with Crippen LogP contribution in [0.2, 0.25) is 0 Å². The van der Waals surface area contributed by atoms with E-state index >= 15 is 0 Å². The first kappa shape index (κ1) is 37.1. The van der Waals surface area contributed by atoms with Gasteiger partial charge in [0.15, 0.2) is 11.6 Å². The van der Waals surface area contributed by atoms with E-state index in [1.807, 2.05) is 91.0 Å². The average Bonchev–Trinajstić information content (AvgIpc) is 4.03. The summed E-state index contributed by atoms with van der Waals surface area (Å²) in [5.41, 5.74) is 4.97. The molecule has 9 aromatic heterocycles. The van der Waals surface area contributed by atoms with Crippen LogP contribution in [0.5, 0.6) is 0 Å². The van der Waals surface area contributed by atoms with Crippen LogP contribution in [0.4, 0.5) is 0 Å². The summed E-state index contributed by atoms with van der Waals surface area (Å²) >= 11 is 0. The maximum absolute atomic E-state index is 4.34. The summed E-state index contributed by atoms with van der Waals surface area (Å²) in [6.45, 7) is 0. The molecule has 53 heavy (non-hydrogen) atoms. The number of H-pyrrole nitrogens is 1. The number of aromatic nitrogens is 15. The molecule has 0 saturated heterocycles. The molecule has 9 rings (SSSR count).